The standard InChI is InChI=1S/C17H28N2OS/c1-13-8-9-15(21-13)14(2)19(4)16(20)12-17(18-3)10-6-5-7-11-17/h8-9,14,18H,5-7,10-12H2,1-4H3. The van der Waals surface area contributed by atoms with Crippen molar-refractivity contribution in [2.75, 3.05) is 14.1 Å². The molecule has 21 heavy (non-hydrogen) atoms. The molecule has 1 aliphatic carbocycles. The normalized spacial score (nSPS) is 19.2. The molecule has 1 saturated carbocycles. The first-order valence-electron chi connectivity index (χ1n) is 7.98. The van der Waals surface area contributed by atoms with Crippen LogP contribution in [0.5, 0.6) is 0 Å². The van der Waals surface area contributed by atoms with Gasteiger partial charge in [0.1, 0.15) is 0 Å². The molecule has 1 N–H and O–H groups in total. The van der Waals surface area contributed by atoms with Gasteiger partial charge < -0.3 is 10.2 Å². The molecule has 4 heteroatoms. The molecule has 1 aromatic heterocycles. The summed E-state index contributed by atoms with van der Waals surface area (Å²) in [5, 5.41) is 3.44. The van der Waals surface area contributed by atoms with Gasteiger partial charge in [-0.05, 0) is 45.9 Å². The van der Waals surface area contributed by atoms with Gasteiger partial charge in [-0.25, -0.2) is 0 Å². The van der Waals surface area contributed by atoms with Gasteiger partial charge in [0.15, 0.2) is 0 Å². The summed E-state index contributed by atoms with van der Waals surface area (Å²) in [7, 11) is 3.94. The van der Waals surface area contributed by atoms with Gasteiger partial charge in [-0.15, -0.1) is 11.3 Å². The van der Waals surface area contributed by atoms with E-state index in [2.05, 4.69) is 31.3 Å². The van der Waals surface area contributed by atoms with Crippen LogP contribution in [0.25, 0.3) is 0 Å². The van der Waals surface area contributed by atoms with Crippen LogP contribution in [-0.2, 0) is 4.79 Å². The molecule has 0 bridgehead atoms. The molecule has 1 aliphatic rings. The van der Waals surface area contributed by atoms with Crippen LogP contribution in [0.2, 0.25) is 0 Å². The van der Waals surface area contributed by atoms with Crippen molar-refractivity contribution < 1.29 is 4.79 Å². The number of nitrogens with zero attached hydrogens (tertiary/aromatic N) is 1. The van der Waals surface area contributed by atoms with Crippen LogP contribution in [-0.4, -0.2) is 30.4 Å². The highest BCUT2D eigenvalue weighted by atomic mass is 32.1. The minimum absolute atomic E-state index is 0.0225. The summed E-state index contributed by atoms with van der Waals surface area (Å²) in [6, 6.07) is 4.43. The Bertz CT molecular complexity index is 477. The number of thiophene rings is 1. The second kappa shape index (κ2) is 6.93. The molecular weight excluding hydrogens is 280 g/mol. The number of carbonyl (C=O) groups excluding carboxylic acids is 1. The highest BCUT2D eigenvalue weighted by Gasteiger charge is 2.34. The smallest absolute Gasteiger partial charge is 0.224 e. The maximum Gasteiger partial charge on any atom is 0.224 e. The Hall–Kier alpha value is -0.870. The Morgan fingerprint density at radius 2 is 2.05 bits per heavy atom. The SMILES string of the molecule is CNC1(CC(=O)N(C)C(C)c2ccc(C)s2)CCCCC1. The van der Waals surface area contributed by atoms with E-state index in [9.17, 15) is 4.79 Å². The van der Waals surface area contributed by atoms with Crippen LogP contribution in [0, 0.1) is 6.92 Å². The fraction of sp³-hybridized carbons (Fsp3) is 0.706. The molecule has 0 saturated heterocycles. The van der Waals surface area contributed by atoms with Gasteiger partial charge in [-0.3, -0.25) is 4.79 Å². The molecular formula is C17H28N2OS. The zero-order chi connectivity index (χ0) is 15.5. The number of rotatable bonds is 5. The summed E-state index contributed by atoms with van der Waals surface area (Å²) in [6.07, 6.45) is 6.63. The lowest BCUT2D eigenvalue weighted by Gasteiger charge is -2.38. The number of amides is 1. The van der Waals surface area contributed by atoms with Gasteiger partial charge >= 0.3 is 0 Å². The van der Waals surface area contributed by atoms with Gasteiger partial charge in [0, 0.05) is 28.8 Å². The lowest BCUT2D eigenvalue weighted by Crippen LogP contribution is -2.48. The topological polar surface area (TPSA) is 32.3 Å². The average Bonchev–Trinajstić information content (AvgIpc) is 2.93. The van der Waals surface area contributed by atoms with Crippen LogP contribution < -0.4 is 5.32 Å². The molecule has 1 fully saturated rings. The lowest BCUT2D eigenvalue weighted by atomic mass is 9.79. The van der Waals surface area contributed by atoms with Crippen LogP contribution in [0.4, 0.5) is 0 Å². The maximum atomic E-state index is 12.7. The van der Waals surface area contributed by atoms with Crippen molar-refractivity contribution in [2.45, 2.75) is 64.0 Å². The first kappa shape index (κ1) is 16.5. The number of hydrogen-bond donors (Lipinski definition) is 1. The maximum absolute atomic E-state index is 12.7. The van der Waals surface area contributed by atoms with Crippen molar-refractivity contribution in [1.29, 1.82) is 0 Å². The van der Waals surface area contributed by atoms with Crippen LogP contribution in [0.3, 0.4) is 0 Å². The van der Waals surface area contributed by atoms with Gasteiger partial charge in [0.2, 0.25) is 5.91 Å². The number of carbonyl (C=O) groups is 1. The van der Waals surface area contributed by atoms with Crippen molar-refractivity contribution in [1.82, 2.24) is 10.2 Å². The second-order valence-corrected chi connectivity index (χ2v) is 7.72. The minimum atomic E-state index is 0.0225. The molecule has 3 nitrogen and oxygen atoms in total. The van der Waals surface area contributed by atoms with E-state index in [-0.39, 0.29) is 17.5 Å². The Morgan fingerprint density at radius 1 is 1.38 bits per heavy atom. The van der Waals surface area contributed by atoms with Gasteiger partial charge in [-0.2, -0.15) is 0 Å². The predicted molar refractivity (Wildman–Crippen MR) is 89.7 cm³/mol. The van der Waals surface area contributed by atoms with E-state index in [1.54, 1.807) is 11.3 Å². The number of hydrogen-bond acceptors (Lipinski definition) is 3. The largest absolute Gasteiger partial charge is 0.338 e. The van der Waals surface area contributed by atoms with Gasteiger partial charge in [0.05, 0.1) is 6.04 Å². The zero-order valence-corrected chi connectivity index (χ0v) is 14.6. The fourth-order valence-electron chi connectivity index (χ4n) is 3.24. The molecule has 0 radical (unpaired) electrons. The molecule has 1 atom stereocenters. The van der Waals surface area contributed by atoms with Crippen molar-refractivity contribution in [3.8, 4) is 0 Å². The van der Waals surface area contributed by atoms with E-state index in [1.165, 1.54) is 29.0 Å². The van der Waals surface area contributed by atoms with E-state index in [0.29, 0.717) is 6.42 Å². The average molecular weight is 308 g/mol. The third-order valence-electron chi connectivity index (χ3n) is 4.98. The molecule has 1 amide bonds. The van der Waals surface area contributed by atoms with E-state index >= 15 is 0 Å². The predicted octanol–water partition coefficient (Wildman–Crippen LogP) is 3.89. The van der Waals surface area contributed by atoms with E-state index in [0.717, 1.165) is 12.8 Å². The highest BCUT2D eigenvalue weighted by Crippen LogP contribution is 2.33. The molecule has 1 heterocycles. The third kappa shape index (κ3) is 3.86. The summed E-state index contributed by atoms with van der Waals surface area (Å²) < 4.78 is 0. The van der Waals surface area contributed by atoms with Crippen molar-refractivity contribution in [2.24, 2.45) is 0 Å². The minimum Gasteiger partial charge on any atom is -0.338 e. The zero-order valence-electron chi connectivity index (χ0n) is 13.7. The second-order valence-electron chi connectivity index (χ2n) is 6.40. The Balaban J connectivity index is 2.01. The first-order valence-corrected chi connectivity index (χ1v) is 8.80. The Morgan fingerprint density at radius 3 is 2.57 bits per heavy atom. The molecule has 1 unspecified atom stereocenters. The van der Waals surface area contributed by atoms with Crippen molar-refractivity contribution in [3.63, 3.8) is 0 Å². The molecule has 0 aromatic carbocycles. The van der Waals surface area contributed by atoms with E-state index in [4.69, 9.17) is 0 Å². The van der Waals surface area contributed by atoms with Crippen molar-refractivity contribution >= 4 is 17.2 Å². The first-order chi connectivity index (χ1) is 9.97. The highest BCUT2D eigenvalue weighted by molar-refractivity contribution is 7.12. The summed E-state index contributed by atoms with van der Waals surface area (Å²) >= 11 is 1.78. The van der Waals surface area contributed by atoms with E-state index in [1.807, 2.05) is 19.0 Å². The van der Waals surface area contributed by atoms with Crippen LogP contribution >= 0.6 is 11.3 Å². The van der Waals surface area contributed by atoms with Gasteiger partial charge in [-0.1, -0.05) is 19.3 Å². The lowest BCUT2D eigenvalue weighted by molar-refractivity contribution is -0.133. The summed E-state index contributed by atoms with van der Waals surface area (Å²) in [4.78, 5) is 17.2. The van der Waals surface area contributed by atoms with Crippen molar-refractivity contribution in [3.05, 3.63) is 21.9 Å². The molecule has 118 valence electrons. The third-order valence-corrected chi connectivity index (χ3v) is 6.15. The number of nitrogens with one attached hydrogen (secondary N) is 1. The Kier molecular flexibility index (Phi) is 5.44. The fourth-order valence-corrected chi connectivity index (χ4v) is 4.22. The molecule has 1 aromatic rings. The molecule has 2 rings (SSSR count). The van der Waals surface area contributed by atoms with Crippen LogP contribution in [0.15, 0.2) is 12.1 Å². The quantitative estimate of drug-likeness (QED) is 0.895. The summed E-state index contributed by atoms with van der Waals surface area (Å²) in [5.74, 6) is 0.254. The number of aryl methyl sites for hydroxylation is 1. The van der Waals surface area contributed by atoms with Gasteiger partial charge in [0.25, 0.3) is 0 Å². The summed E-state index contributed by atoms with van der Waals surface area (Å²) in [5.41, 5.74) is 0.0225. The molecule has 0 aliphatic heterocycles. The summed E-state index contributed by atoms with van der Waals surface area (Å²) in [6.45, 7) is 4.23. The Labute approximate surface area is 132 Å². The molecule has 0 spiro atoms. The van der Waals surface area contributed by atoms with E-state index < -0.39 is 0 Å². The van der Waals surface area contributed by atoms with Crippen LogP contribution in [0.1, 0.15) is 61.2 Å². The monoisotopic (exact) mass is 308 g/mol.